The Morgan fingerprint density at radius 3 is 2.28 bits per heavy atom. The summed E-state index contributed by atoms with van der Waals surface area (Å²) in [4.78, 5) is 28.5. The third kappa shape index (κ3) is 8.54. The van der Waals surface area contributed by atoms with Gasteiger partial charge in [-0.15, -0.1) is 0 Å². The van der Waals surface area contributed by atoms with Gasteiger partial charge in [-0.1, -0.05) is 89.4 Å². The van der Waals surface area contributed by atoms with Gasteiger partial charge in [0.15, 0.2) is 6.61 Å². The summed E-state index contributed by atoms with van der Waals surface area (Å²) in [6, 6.07) is 21.3. The molecule has 190 valence electrons. The van der Waals surface area contributed by atoms with Crippen LogP contribution in [0.1, 0.15) is 25.0 Å². The predicted molar refractivity (Wildman–Crippen MR) is 148 cm³/mol. The summed E-state index contributed by atoms with van der Waals surface area (Å²) < 4.78 is 6.68. The third-order valence-corrected chi connectivity index (χ3v) is 6.74. The highest BCUT2D eigenvalue weighted by Crippen LogP contribution is 2.24. The van der Waals surface area contributed by atoms with Crippen LogP contribution in [0.15, 0.2) is 77.3 Å². The normalized spacial score (nSPS) is 11.7. The van der Waals surface area contributed by atoms with Gasteiger partial charge in [0.1, 0.15) is 11.8 Å². The Morgan fingerprint density at radius 2 is 1.64 bits per heavy atom. The molecule has 0 fully saturated rings. The lowest BCUT2D eigenvalue weighted by atomic mass is 10.0. The Kier molecular flexibility index (Phi) is 10.7. The quantitative estimate of drug-likeness (QED) is 0.275. The first-order valence-corrected chi connectivity index (χ1v) is 13.2. The van der Waals surface area contributed by atoms with Crippen molar-refractivity contribution >= 4 is 50.9 Å². The van der Waals surface area contributed by atoms with Gasteiger partial charge in [0.25, 0.3) is 5.91 Å². The van der Waals surface area contributed by atoms with Crippen LogP contribution in [0, 0.1) is 5.92 Å². The molecule has 2 amide bonds. The highest BCUT2D eigenvalue weighted by atomic mass is 79.9. The van der Waals surface area contributed by atoms with Gasteiger partial charge in [-0.05, 0) is 53.4 Å². The van der Waals surface area contributed by atoms with E-state index in [4.69, 9.17) is 27.9 Å². The van der Waals surface area contributed by atoms with Crippen molar-refractivity contribution in [2.45, 2.75) is 32.9 Å². The van der Waals surface area contributed by atoms with Crippen LogP contribution in [0.4, 0.5) is 0 Å². The molecule has 0 unspecified atom stereocenters. The van der Waals surface area contributed by atoms with Crippen molar-refractivity contribution in [3.8, 4) is 5.75 Å². The summed E-state index contributed by atoms with van der Waals surface area (Å²) in [5.74, 6) is 0.297. The van der Waals surface area contributed by atoms with E-state index in [0.717, 1.165) is 15.6 Å². The molecular formula is C28H29BrCl2N2O3. The minimum atomic E-state index is -0.748. The zero-order valence-electron chi connectivity index (χ0n) is 20.2. The maximum absolute atomic E-state index is 13.6. The molecule has 1 N–H and O–H groups in total. The zero-order chi connectivity index (χ0) is 26.1. The molecule has 0 bridgehead atoms. The number of halogens is 3. The maximum atomic E-state index is 13.6. The lowest BCUT2D eigenvalue weighted by Crippen LogP contribution is -2.52. The average molecular weight is 592 g/mol. The van der Waals surface area contributed by atoms with Gasteiger partial charge in [0, 0.05) is 24.0 Å². The number of benzene rings is 3. The molecule has 0 saturated heterocycles. The van der Waals surface area contributed by atoms with E-state index in [-0.39, 0.29) is 30.9 Å². The minimum Gasteiger partial charge on any atom is -0.484 e. The van der Waals surface area contributed by atoms with Crippen LogP contribution >= 0.6 is 39.1 Å². The van der Waals surface area contributed by atoms with Crippen molar-refractivity contribution in [1.82, 2.24) is 10.2 Å². The fourth-order valence-corrected chi connectivity index (χ4v) is 4.16. The highest BCUT2D eigenvalue weighted by molar-refractivity contribution is 9.10. The summed E-state index contributed by atoms with van der Waals surface area (Å²) in [5, 5.41) is 3.81. The van der Waals surface area contributed by atoms with Crippen molar-refractivity contribution in [2.24, 2.45) is 5.92 Å². The molecule has 0 aliphatic carbocycles. The molecule has 8 heteroatoms. The second-order valence-corrected chi connectivity index (χ2v) is 10.6. The summed E-state index contributed by atoms with van der Waals surface area (Å²) in [7, 11) is 0. The monoisotopic (exact) mass is 590 g/mol. The number of amides is 2. The Hall–Kier alpha value is -2.54. The van der Waals surface area contributed by atoms with Gasteiger partial charge in [-0.25, -0.2) is 0 Å². The van der Waals surface area contributed by atoms with Gasteiger partial charge in [0.2, 0.25) is 5.91 Å². The molecule has 0 spiro atoms. The Bertz CT molecular complexity index is 1160. The van der Waals surface area contributed by atoms with Gasteiger partial charge >= 0.3 is 0 Å². The number of nitrogens with zero attached hydrogens (tertiary/aromatic N) is 1. The third-order valence-electron chi connectivity index (χ3n) is 5.47. The van der Waals surface area contributed by atoms with E-state index in [1.54, 1.807) is 35.2 Å². The number of ether oxygens (including phenoxy) is 1. The van der Waals surface area contributed by atoms with Crippen LogP contribution in [0.25, 0.3) is 0 Å². The van der Waals surface area contributed by atoms with Gasteiger partial charge in [-0.2, -0.15) is 0 Å². The number of hydrogen-bond donors (Lipinski definition) is 1. The standard InChI is InChI=1S/C28H29BrCl2N2O3/c1-19(2)16-32-28(35)26(15-20-6-4-3-5-7-20)33(17-21-8-13-24(30)25(31)14-21)27(34)18-36-23-11-9-22(29)10-12-23/h3-14,19,26H,15-18H2,1-2H3,(H,32,35)/t26-/m1/s1. The smallest absolute Gasteiger partial charge is 0.261 e. The van der Waals surface area contributed by atoms with E-state index in [2.05, 4.69) is 21.2 Å². The summed E-state index contributed by atoms with van der Waals surface area (Å²) in [6.07, 6.45) is 0.357. The molecule has 3 rings (SSSR count). The van der Waals surface area contributed by atoms with Crippen LogP contribution in [-0.2, 0) is 22.6 Å². The maximum Gasteiger partial charge on any atom is 0.261 e. The van der Waals surface area contributed by atoms with Crippen LogP contribution in [0.3, 0.4) is 0 Å². The molecule has 0 aromatic heterocycles. The summed E-state index contributed by atoms with van der Waals surface area (Å²) >= 11 is 15.7. The van der Waals surface area contributed by atoms with Gasteiger partial charge in [0.05, 0.1) is 10.0 Å². The van der Waals surface area contributed by atoms with E-state index in [9.17, 15) is 9.59 Å². The number of carbonyl (C=O) groups excluding carboxylic acids is 2. The topological polar surface area (TPSA) is 58.6 Å². The van der Waals surface area contributed by atoms with Crippen molar-refractivity contribution in [3.05, 3.63) is 98.4 Å². The van der Waals surface area contributed by atoms with Crippen LogP contribution in [-0.4, -0.2) is 35.9 Å². The molecule has 0 saturated carbocycles. The number of carbonyl (C=O) groups is 2. The molecule has 3 aromatic carbocycles. The fourth-order valence-electron chi connectivity index (χ4n) is 3.57. The molecule has 0 heterocycles. The van der Waals surface area contributed by atoms with Crippen molar-refractivity contribution in [1.29, 1.82) is 0 Å². The molecule has 0 radical (unpaired) electrons. The number of hydrogen-bond acceptors (Lipinski definition) is 3. The van der Waals surface area contributed by atoms with Crippen molar-refractivity contribution in [3.63, 3.8) is 0 Å². The molecule has 5 nitrogen and oxygen atoms in total. The van der Waals surface area contributed by atoms with E-state index >= 15 is 0 Å². The Balaban J connectivity index is 1.91. The second-order valence-electron chi connectivity index (χ2n) is 8.86. The molecule has 0 aliphatic rings. The summed E-state index contributed by atoms with van der Waals surface area (Å²) in [5.41, 5.74) is 1.71. The Morgan fingerprint density at radius 1 is 0.944 bits per heavy atom. The van der Waals surface area contributed by atoms with Crippen LogP contribution < -0.4 is 10.1 Å². The molecular weight excluding hydrogens is 563 g/mol. The first-order valence-electron chi connectivity index (χ1n) is 11.7. The lowest BCUT2D eigenvalue weighted by molar-refractivity contribution is -0.142. The SMILES string of the molecule is CC(C)CNC(=O)[C@@H](Cc1ccccc1)N(Cc1ccc(Cl)c(Cl)c1)C(=O)COc1ccc(Br)cc1. The number of nitrogens with one attached hydrogen (secondary N) is 1. The first kappa shape index (κ1) is 28.0. The zero-order valence-corrected chi connectivity index (χ0v) is 23.3. The van der Waals surface area contributed by atoms with E-state index in [0.29, 0.717) is 28.8 Å². The largest absolute Gasteiger partial charge is 0.484 e. The van der Waals surface area contributed by atoms with Gasteiger partial charge in [-0.3, -0.25) is 9.59 Å². The number of rotatable bonds is 11. The summed E-state index contributed by atoms with van der Waals surface area (Å²) in [6.45, 7) is 4.51. The van der Waals surface area contributed by atoms with Crippen LogP contribution in [0.5, 0.6) is 5.75 Å². The average Bonchev–Trinajstić information content (AvgIpc) is 2.86. The van der Waals surface area contributed by atoms with Crippen molar-refractivity contribution in [2.75, 3.05) is 13.2 Å². The fraction of sp³-hybridized carbons (Fsp3) is 0.286. The van der Waals surface area contributed by atoms with E-state index < -0.39 is 6.04 Å². The van der Waals surface area contributed by atoms with E-state index in [1.807, 2.05) is 56.3 Å². The molecule has 1 atom stereocenters. The minimum absolute atomic E-state index is 0.173. The molecule has 36 heavy (non-hydrogen) atoms. The second kappa shape index (κ2) is 13.7. The van der Waals surface area contributed by atoms with E-state index in [1.165, 1.54) is 0 Å². The molecule has 3 aromatic rings. The highest BCUT2D eigenvalue weighted by Gasteiger charge is 2.31. The first-order chi connectivity index (χ1) is 17.2. The Labute approximate surface area is 230 Å². The van der Waals surface area contributed by atoms with Crippen LogP contribution in [0.2, 0.25) is 10.0 Å². The lowest BCUT2D eigenvalue weighted by Gasteiger charge is -2.31. The van der Waals surface area contributed by atoms with Crippen molar-refractivity contribution < 1.29 is 14.3 Å². The predicted octanol–water partition coefficient (Wildman–Crippen LogP) is 6.55. The molecule has 0 aliphatic heterocycles. The van der Waals surface area contributed by atoms with Gasteiger partial charge < -0.3 is 15.0 Å².